The highest BCUT2D eigenvalue weighted by atomic mass is 16.7. The predicted octanol–water partition coefficient (Wildman–Crippen LogP) is 6.53. The molecule has 0 amide bonds. The van der Waals surface area contributed by atoms with E-state index >= 15 is 0 Å². The van der Waals surface area contributed by atoms with Crippen LogP contribution in [0, 0.1) is 0 Å². The van der Waals surface area contributed by atoms with E-state index in [1.165, 1.54) is 0 Å². The van der Waals surface area contributed by atoms with E-state index in [9.17, 15) is 4.79 Å². The highest BCUT2D eigenvalue weighted by molar-refractivity contribution is 6.62. The highest BCUT2D eigenvalue weighted by Gasteiger charge is 2.53. The van der Waals surface area contributed by atoms with E-state index in [2.05, 4.69) is 93.4 Å². The van der Waals surface area contributed by atoms with E-state index in [-0.39, 0.29) is 12.0 Å². The second-order valence-corrected chi connectivity index (χ2v) is 11.5. The molecule has 0 saturated carbocycles. The van der Waals surface area contributed by atoms with Crippen molar-refractivity contribution in [3.8, 4) is 0 Å². The van der Waals surface area contributed by atoms with E-state index in [4.69, 9.17) is 14.0 Å². The average molecular weight is 535 g/mol. The van der Waals surface area contributed by atoms with Crippen LogP contribution in [0.5, 0.6) is 0 Å². The Kier molecular flexibility index (Phi) is 7.76. The molecule has 1 fully saturated rings. The van der Waals surface area contributed by atoms with E-state index < -0.39 is 24.4 Å². The fourth-order valence-electron chi connectivity index (χ4n) is 5.52. The number of carbonyl (C=O) groups excluding carboxylic acids is 1. The minimum Gasteiger partial charge on any atom is -0.463 e. The topological polar surface area (TPSA) is 48.0 Å². The number of ether oxygens (including phenoxy) is 1. The molecule has 206 valence electrons. The molecule has 2 aliphatic heterocycles. The molecule has 2 heterocycles. The van der Waals surface area contributed by atoms with E-state index in [0.29, 0.717) is 12.2 Å². The Hall–Kier alpha value is -3.61. The second kappa shape index (κ2) is 11.1. The molecule has 0 N–H and O–H groups in total. The first-order chi connectivity index (χ1) is 19.1. The van der Waals surface area contributed by atoms with Crippen molar-refractivity contribution in [2.24, 2.45) is 0 Å². The molecule has 3 aromatic carbocycles. The lowest BCUT2D eigenvalue weighted by atomic mass is 9.72. The third kappa shape index (κ3) is 5.26. The van der Waals surface area contributed by atoms with Gasteiger partial charge in [-0.15, -0.1) is 0 Å². The zero-order chi connectivity index (χ0) is 28.5. The van der Waals surface area contributed by atoms with Crippen molar-refractivity contribution in [3.05, 3.63) is 125 Å². The maximum atomic E-state index is 13.6. The number of esters is 1. The lowest BCUT2D eigenvalue weighted by Gasteiger charge is -2.42. The summed E-state index contributed by atoms with van der Waals surface area (Å²) < 4.78 is 18.7. The van der Waals surface area contributed by atoms with Crippen LogP contribution in [-0.4, -0.2) is 35.8 Å². The molecule has 0 aromatic heterocycles. The number of hydrogen-bond donors (Lipinski definition) is 0. The second-order valence-electron chi connectivity index (χ2n) is 11.5. The van der Waals surface area contributed by atoms with Crippen molar-refractivity contribution in [1.82, 2.24) is 4.90 Å². The van der Waals surface area contributed by atoms with Gasteiger partial charge in [0.15, 0.2) is 0 Å². The maximum absolute atomic E-state index is 13.6. The van der Waals surface area contributed by atoms with Crippen molar-refractivity contribution in [3.63, 3.8) is 0 Å². The molecule has 0 spiro atoms. The normalized spacial score (nSPS) is 19.8. The first-order valence-corrected chi connectivity index (χ1v) is 14.0. The van der Waals surface area contributed by atoms with E-state index in [1.54, 1.807) is 0 Å². The molecule has 5 nitrogen and oxygen atoms in total. The average Bonchev–Trinajstić information content (AvgIpc) is 3.16. The largest absolute Gasteiger partial charge is 0.495 e. The maximum Gasteiger partial charge on any atom is 0.495 e. The van der Waals surface area contributed by atoms with Crippen LogP contribution in [0.25, 0.3) is 0 Å². The van der Waals surface area contributed by atoms with E-state index in [1.807, 2.05) is 50.3 Å². The highest BCUT2D eigenvalue weighted by Crippen LogP contribution is 2.43. The van der Waals surface area contributed by atoms with Crippen LogP contribution in [0.1, 0.15) is 70.3 Å². The first kappa shape index (κ1) is 27.9. The third-order valence-corrected chi connectivity index (χ3v) is 8.17. The van der Waals surface area contributed by atoms with Crippen LogP contribution in [0.2, 0.25) is 0 Å². The van der Waals surface area contributed by atoms with Gasteiger partial charge >= 0.3 is 13.1 Å². The van der Waals surface area contributed by atoms with E-state index in [0.717, 1.165) is 27.7 Å². The zero-order valence-electron chi connectivity index (χ0n) is 24.3. The monoisotopic (exact) mass is 535 g/mol. The minimum atomic E-state index is -0.578. The Bertz CT molecular complexity index is 1360. The molecule has 40 heavy (non-hydrogen) atoms. The lowest BCUT2D eigenvalue weighted by molar-refractivity contribution is -0.139. The molecular formula is C34H38BNO4. The van der Waals surface area contributed by atoms with Gasteiger partial charge in [0, 0.05) is 6.20 Å². The van der Waals surface area contributed by atoms with Gasteiger partial charge in [-0.3, -0.25) is 0 Å². The Morgan fingerprint density at radius 3 is 1.95 bits per heavy atom. The van der Waals surface area contributed by atoms with Crippen LogP contribution in [0.4, 0.5) is 0 Å². The van der Waals surface area contributed by atoms with Crippen LogP contribution in [0.15, 0.2) is 108 Å². The zero-order valence-corrected chi connectivity index (χ0v) is 24.3. The summed E-state index contributed by atoms with van der Waals surface area (Å²) in [6, 6.07) is 28.4. The number of hydrogen-bond acceptors (Lipinski definition) is 5. The quantitative estimate of drug-likeness (QED) is 0.255. The van der Waals surface area contributed by atoms with Crippen molar-refractivity contribution in [2.75, 3.05) is 6.61 Å². The van der Waals surface area contributed by atoms with Crippen molar-refractivity contribution in [2.45, 2.75) is 64.8 Å². The fraction of sp³-hybridized carbons (Fsp3) is 0.324. The fourth-order valence-corrected chi connectivity index (χ4v) is 5.52. The van der Waals surface area contributed by atoms with Gasteiger partial charge < -0.3 is 18.9 Å². The Morgan fingerprint density at radius 1 is 0.875 bits per heavy atom. The third-order valence-electron chi connectivity index (χ3n) is 8.17. The standard InChI is InChI=1S/C34H38BNO4/c1-7-38-32(37)28-22-24(2)23-36(30(25-16-10-8-11-17-25)26-18-12-9-13-19-26)31(28)27-20-14-15-21-29(27)35-39-33(3,4)34(5,6)40-35/h8-23,30-31H,7H2,1-6H3. The van der Waals surface area contributed by atoms with Crippen molar-refractivity contribution >= 4 is 18.6 Å². The number of rotatable bonds is 7. The molecule has 1 saturated heterocycles. The van der Waals surface area contributed by atoms with Gasteiger partial charge in [0.2, 0.25) is 0 Å². The molecule has 6 heteroatoms. The summed E-state index contributed by atoms with van der Waals surface area (Å²) in [7, 11) is -0.578. The Balaban J connectivity index is 1.71. The minimum absolute atomic E-state index is 0.160. The predicted molar refractivity (Wildman–Crippen MR) is 160 cm³/mol. The first-order valence-electron chi connectivity index (χ1n) is 14.0. The van der Waals surface area contributed by atoms with Crippen molar-refractivity contribution < 1.29 is 18.8 Å². The van der Waals surface area contributed by atoms with Gasteiger partial charge in [-0.05, 0) is 75.3 Å². The van der Waals surface area contributed by atoms with Gasteiger partial charge in [-0.2, -0.15) is 0 Å². The summed E-state index contributed by atoms with van der Waals surface area (Å²) in [5.74, 6) is -0.325. The molecule has 2 aliphatic rings. The van der Waals surface area contributed by atoms with Gasteiger partial charge in [0.1, 0.15) is 0 Å². The molecule has 0 radical (unpaired) electrons. The Morgan fingerprint density at radius 2 is 1.40 bits per heavy atom. The van der Waals surface area contributed by atoms with Gasteiger partial charge in [0.25, 0.3) is 0 Å². The smallest absolute Gasteiger partial charge is 0.463 e. The summed E-state index contributed by atoms with van der Waals surface area (Å²) in [5.41, 5.74) is 4.67. The van der Waals surface area contributed by atoms with Gasteiger partial charge in [0.05, 0.1) is 35.5 Å². The van der Waals surface area contributed by atoms with Crippen LogP contribution < -0.4 is 5.46 Å². The van der Waals surface area contributed by atoms with Crippen molar-refractivity contribution in [1.29, 1.82) is 0 Å². The molecular weight excluding hydrogens is 497 g/mol. The molecule has 0 bridgehead atoms. The van der Waals surface area contributed by atoms with Crippen LogP contribution >= 0.6 is 0 Å². The summed E-state index contributed by atoms with van der Waals surface area (Å²) >= 11 is 0. The number of benzene rings is 3. The molecule has 5 rings (SSSR count). The van der Waals surface area contributed by atoms with Crippen LogP contribution in [-0.2, 0) is 18.8 Å². The summed E-state index contributed by atoms with van der Waals surface area (Å²) in [4.78, 5) is 15.9. The van der Waals surface area contributed by atoms with Gasteiger partial charge in [-0.25, -0.2) is 4.79 Å². The SMILES string of the molecule is CCOC(=O)C1=CC(C)=CN(C(c2ccccc2)c2ccccc2)C1c1ccccc1B1OC(C)(C)C(C)(C)O1. The number of allylic oxidation sites excluding steroid dienone is 2. The molecule has 3 aromatic rings. The summed E-state index contributed by atoms with van der Waals surface area (Å²) in [6.45, 7) is 12.4. The molecule has 0 aliphatic carbocycles. The summed E-state index contributed by atoms with van der Waals surface area (Å²) in [5, 5.41) is 0. The number of nitrogens with zero attached hydrogens (tertiary/aromatic N) is 1. The molecule has 1 unspecified atom stereocenters. The Labute approximate surface area is 238 Å². The van der Waals surface area contributed by atoms with Gasteiger partial charge in [-0.1, -0.05) is 84.9 Å². The van der Waals surface area contributed by atoms with Crippen LogP contribution in [0.3, 0.4) is 0 Å². The number of carbonyl (C=O) groups is 1. The summed E-state index contributed by atoms with van der Waals surface area (Å²) in [6.07, 6.45) is 4.10. The lowest BCUT2D eigenvalue weighted by Crippen LogP contribution is -2.42. The molecule has 1 atom stereocenters.